The van der Waals surface area contributed by atoms with Gasteiger partial charge in [-0.3, -0.25) is 19.5 Å². The summed E-state index contributed by atoms with van der Waals surface area (Å²) in [6.07, 6.45) is 0.741. The first kappa shape index (κ1) is 22.8. The molecule has 4 aromatic rings. The number of imide groups is 1. The fraction of sp³-hybridized carbons (Fsp3) is 0.167. The molecule has 2 aromatic heterocycles. The molecule has 0 aliphatic carbocycles. The number of nitrogens with zero attached hydrogens (tertiary/aromatic N) is 2. The van der Waals surface area contributed by atoms with E-state index in [1.54, 1.807) is 22.8 Å². The summed E-state index contributed by atoms with van der Waals surface area (Å²) in [5, 5.41) is 7.81. The maximum atomic E-state index is 13.4. The number of aromatic nitrogens is 2. The first-order valence-electron chi connectivity index (χ1n) is 10.4. The van der Waals surface area contributed by atoms with Gasteiger partial charge in [-0.2, -0.15) is 0 Å². The van der Waals surface area contributed by atoms with Crippen molar-refractivity contribution in [2.75, 3.05) is 5.75 Å². The van der Waals surface area contributed by atoms with Crippen molar-refractivity contribution in [2.24, 2.45) is 0 Å². The third-order valence-electron chi connectivity index (χ3n) is 4.95. The lowest BCUT2D eigenvalue weighted by Gasteiger charge is -2.16. The molecule has 2 aromatic carbocycles. The van der Waals surface area contributed by atoms with Gasteiger partial charge in [0.2, 0.25) is 5.91 Å². The first-order valence-corrected chi connectivity index (χ1v) is 12.3. The van der Waals surface area contributed by atoms with Gasteiger partial charge in [-0.05, 0) is 41.6 Å². The number of hydrogen-bond acceptors (Lipinski definition) is 6. The summed E-state index contributed by atoms with van der Waals surface area (Å²) in [5.74, 6) is -0.535. The van der Waals surface area contributed by atoms with Gasteiger partial charge in [0.05, 0.1) is 28.9 Å². The number of para-hydroxylation sites is 2. The van der Waals surface area contributed by atoms with Crippen LogP contribution in [-0.4, -0.2) is 27.2 Å². The largest absolute Gasteiger partial charge is 0.333 e. The molecule has 7 nitrogen and oxygen atoms in total. The quantitative estimate of drug-likeness (QED) is 0.308. The molecule has 0 atom stereocenters. The van der Waals surface area contributed by atoms with Crippen molar-refractivity contribution in [2.45, 2.75) is 25.0 Å². The predicted octanol–water partition coefficient (Wildman–Crippen LogP) is 4.13. The number of carbonyl (C=O) groups is 2. The van der Waals surface area contributed by atoms with Crippen LogP contribution in [0.4, 0.5) is 4.79 Å². The summed E-state index contributed by atoms with van der Waals surface area (Å²) in [7, 11) is 0. The molecule has 4 rings (SSSR count). The van der Waals surface area contributed by atoms with Crippen LogP contribution in [0.5, 0.6) is 0 Å². The third-order valence-corrected chi connectivity index (χ3v) is 6.76. The molecule has 0 aliphatic heterocycles. The van der Waals surface area contributed by atoms with E-state index in [1.165, 1.54) is 11.3 Å². The van der Waals surface area contributed by atoms with Crippen molar-refractivity contribution in [1.82, 2.24) is 20.2 Å². The second-order valence-corrected chi connectivity index (χ2v) is 9.11. The van der Waals surface area contributed by atoms with Crippen LogP contribution in [-0.2, 0) is 17.8 Å². The third kappa shape index (κ3) is 5.32. The normalized spacial score (nSPS) is 10.8. The molecule has 9 heteroatoms. The lowest BCUT2D eigenvalue weighted by molar-refractivity contribution is -0.117. The summed E-state index contributed by atoms with van der Waals surface area (Å²) in [6, 6.07) is 18.0. The van der Waals surface area contributed by atoms with E-state index < -0.39 is 11.9 Å². The molecular weight excluding hydrogens is 456 g/mol. The van der Waals surface area contributed by atoms with Crippen LogP contribution in [0, 0.1) is 0 Å². The van der Waals surface area contributed by atoms with E-state index in [0.717, 1.165) is 34.3 Å². The second-order valence-electron chi connectivity index (χ2n) is 7.13. The molecule has 168 valence electrons. The number of aryl methyl sites for hydroxylation is 1. The average molecular weight is 479 g/mol. The van der Waals surface area contributed by atoms with Gasteiger partial charge in [0.1, 0.15) is 0 Å². The minimum Gasteiger partial charge on any atom is -0.333 e. The van der Waals surface area contributed by atoms with Gasteiger partial charge < -0.3 is 5.32 Å². The van der Waals surface area contributed by atoms with Gasteiger partial charge >= 0.3 is 6.03 Å². The molecule has 0 aliphatic rings. The summed E-state index contributed by atoms with van der Waals surface area (Å²) in [4.78, 5) is 43.5. The number of carbonyl (C=O) groups excluding carboxylic acids is 2. The molecule has 3 amide bonds. The standard InChI is InChI=1S/C24H22N4O3S2/c1-2-16-8-3-6-12-20(16)28-22(30)18-10-4-5-11-19(18)26-24(28)33-15-21(29)27-23(31)25-14-17-9-7-13-32-17/h3-13H,2,14-15H2,1H3,(H2,25,27,29,31). The number of thiophene rings is 1. The number of rotatable bonds is 7. The molecule has 0 saturated carbocycles. The Morgan fingerprint density at radius 2 is 1.85 bits per heavy atom. The molecule has 33 heavy (non-hydrogen) atoms. The van der Waals surface area contributed by atoms with Crippen LogP contribution in [0.25, 0.3) is 16.6 Å². The van der Waals surface area contributed by atoms with Crippen molar-refractivity contribution in [3.05, 3.63) is 86.8 Å². The van der Waals surface area contributed by atoms with Crippen molar-refractivity contribution in [3.63, 3.8) is 0 Å². The number of urea groups is 1. The van der Waals surface area contributed by atoms with Gasteiger partial charge in [0.25, 0.3) is 5.56 Å². The molecule has 0 radical (unpaired) electrons. The fourth-order valence-electron chi connectivity index (χ4n) is 3.37. The van der Waals surface area contributed by atoms with Crippen LogP contribution >= 0.6 is 23.1 Å². The van der Waals surface area contributed by atoms with E-state index in [-0.39, 0.29) is 11.3 Å². The highest BCUT2D eigenvalue weighted by Crippen LogP contribution is 2.23. The maximum Gasteiger partial charge on any atom is 0.321 e. The Morgan fingerprint density at radius 3 is 2.64 bits per heavy atom. The zero-order chi connectivity index (χ0) is 23.2. The summed E-state index contributed by atoms with van der Waals surface area (Å²) < 4.78 is 1.55. The van der Waals surface area contributed by atoms with Crippen LogP contribution in [0.15, 0.2) is 76.0 Å². The van der Waals surface area contributed by atoms with E-state index in [1.807, 2.05) is 54.8 Å². The van der Waals surface area contributed by atoms with Gasteiger partial charge in [-0.25, -0.2) is 9.78 Å². The van der Waals surface area contributed by atoms with Crippen LogP contribution < -0.4 is 16.2 Å². The topological polar surface area (TPSA) is 93.1 Å². The molecule has 0 spiro atoms. The van der Waals surface area contributed by atoms with Gasteiger partial charge in [0, 0.05) is 4.88 Å². The summed E-state index contributed by atoms with van der Waals surface area (Å²) in [6.45, 7) is 2.37. The Bertz CT molecular complexity index is 1350. The van der Waals surface area contributed by atoms with Crippen LogP contribution in [0.2, 0.25) is 0 Å². The molecule has 2 heterocycles. The highest BCUT2D eigenvalue weighted by Gasteiger charge is 2.17. The zero-order valence-corrected chi connectivity index (χ0v) is 19.5. The van der Waals surface area contributed by atoms with Gasteiger partial charge in [-0.1, -0.05) is 55.1 Å². The minimum atomic E-state index is -0.561. The van der Waals surface area contributed by atoms with E-state index in [2.05, 4.69) is 15.6 Å². The van der Waals surface area contributed by atoms with Crippen molar-refractivity contribution in [3.8, 4) is 5.69 Å². The lowest BCUT2D eigenvalue weighted by atomic mass is 10.1. The Balaban J connectivity index is 1.56. The lowest BCUT2D eigenvalue weighted by Crippen LogP contribution is -2.39. The zero-order valence-electron chi connectivity index (χ0n) is 17.9. The number of benzene rings is 2. The average Bonchev–Trinajstić information content (AvgIpc) is 3.35. The number of thioether (sulfide) groups is 1. The molecular formula is C24H22N4O3S2. The fourth-order valence-corrected chi connectivity index (χ4v) is 4.82. The van der Waals surface area contributed by atoms with Gasteiger partial charge in [-0.15, -0.1) is 11.3 Å². The Labute approximate surface area is 198 Å². The minimum absolute atomic E-state index is 0.0640. The number of amides is 3. The molecule has 0 bridgehead atoms. The Morgan fingerprint density at radius 1 is 1.06 bits per heavy atom. The smallest absolute Gasteiger partial charge is 0.321 e. The SMILES string of the molecule is CCc1ccccc1-n1c(SCC(=O)NC(=O)NCc2cccs2)nc2ccccc2c1=O. The highest BCUT2D eigenvalue weighted by atomic mass is 32.2. The van der Waals surface area contributed by atoms with E-state index >= 15 is 0 Å². The molecule has 0 saturated heterocycles. The van der Waals surface area contributed by atoms with Crippen LogP contribution in [0.3, 0.4) is 0 Å². The molecule has 0 unspecified atom stereocenters. The highest BCUT2D eigenvalue weighted by molar-refractivity contribution is 7.99. The first-order chi connectivity index (χ1) is 16.1. The second kappa shape index (κ2) is 10.5. The molecule has 2 N–H and O–H groups in total. The maximum absolute atomic E-state index is 13.4. The van der Waals surface area contributed by atoms with Crippen molar-refractivity contribution < 1.29 is 9.59 Å². The Hall–Kier alpha value is -3.43. The number of fused-ring (bicyclic) bond motifs is 1. The van der Waals surface area contributed by atoms with E-state index in [4.69, 9.17) is 0 Å². The van der Waals surface area contributed by atoms with Gasteiger partial charge in [0.15, 0.2) is 5.16 Å². The number of hydrogen-bond donors (Lipinski definition) is 2. The Kier molecular flexibility index (Phi) is 7.21. The van der Waals surface area contributed by atoms with E-state index in [9.17, 15) is 14.4 Å². The predicted molar refractivity (Wildman–Crippen MR) is 132 cm³/mol. The monoisotopic (exact) mass is 478 g/mol. The summed E-state index contributed by atoms with van der Waals surface area (Å²) >= 11 is 2.64. The van der Waals surface area contributed by atoms with E-state index in [0.29, 0.717) is 22.6 Å². The molecule has 0 fully saturated rings. The van der Waals surface area contributed by atoms with Crippen molar-refractivity contribution >= 4 is 45.9 Å². The van der Waals surface area contributed by atoms with Crippen LogP contribution in [0.1, 0.15) is 17.4 Å². The summed E-state index contributed by atoms with van der Waals surface area (Å²) in [5.41, 5.74) is 2.10. The van der Waals surface area contributed by atoms with Crippen molar-refractivity contribution in [1.29, 1.82) is 0 Å². The number of nitrogens with one attached hydrogen (secondary N) is 2.